The second kappa shape index (κ2) is 9.05. The van der Waals surface area contributed by atoms with Crippen LogP contribution in [0.4, 0.5) is 10.5 Å². The smallest absolute Gasteiger partial charge is 0.321 e. The molecule has 0 aromatic heterocycles. The van der Waals surface area contributed by atoms with Crippen LogP contribution in [0.15, 0.2) is 42.5 Å². The Labute approximate surface area is 168 Å². The minimum atomic E-state index is -0.647. The average molecular weight is 401 g/mol. The van der Waals surface area contributed by atoms with Crippen molar-refractivity contribution < 1.29 is 24.0 Å². The number of imide groups is 1. The summed E-state index contributed by atoms with van der Waals surface area (Å²) in [5.74, 6) is 0.254. The number of nitrogens with one attached hydrogen (secondary N) is 2. The first kappa shape index (κ1) is 21.7. The van der Waals surface area contributed by atoms with Gasteiger partial charge < -0.3 is 14.8 Å². The first-order valence-electron chi connectivity index (χ1n) is 8.77. The van der Waals surface area contributed by atoms with Crippen molar-refractivity contribution >= 4 is 17.6 Å². The topological polar surface area (TPSA) is 120 Å². The Kier molecular flexibility index (Phi) is 6.76. The predicted molar refractivity (Wildman–Crippen MR) is 107 cm³/mol. The van der Waals surface area contributed by atoms with Gasteiger partial charge in [0.15, 0.2) is 6.61 Å². The fourth-order valence-electron chi connectivity index (χ4n) is 2.43. The SMILES string of the molecule is COc1ccc(-c2cc([N+](=O)[O-])ccc2OCC(=O)NC(=O)NC(C)(C)C)cc1. The summed E-state index contributed by atoms with van der Waals surface area (Å²) < 4.78 is 10.6. The zero-order valence-corrected chi connectivity index (χ0v) is 16.6. The molecule has 0 unspecified atom stereocenters. The Morgan fingerprint density at radius 1 is 1.10 bits per heavy atom. The lowest BCUT2D eigenvalue weighted by Crippen LogP contribution is -2.49. The quantitative estimate of drug-likeness (QED) is 0.566. The van der Waals surface area contributed by atoms with Gasteiger partial charge in [-0.2, -0.15) is 0 Å². The highest BCUT2D eigenvalue weighted by Gasteiger charge is 2.18. The maximum Gasteiger partial charge on any atom is 0.321 e. The standard InChI is InChI=1S/C20H23N3O6/c1-20(2,3)22-19(25)21-18(24)12-29-17-10-7-14(23(26)27)11-16(17)13-5-8-15(28-4)9-6-13/h5-11H,12H2,1-4H3,(H2,21,22,24,25). The van der Waals surface area contributed by atoms with E-state index in [4.69, 9.17) is 9.47 Å². The van der Waals surface area contributed by atoms with Gasteiger partial charge in [0.05, 0.1) is 12.0 Å². The molecule has 0 fully saturated rings. The number of rotatable bonds is 6. The van der Waals surface area contributed by atoms with Crippen LogP contribution < -0.4 is 20.1 Å². The maximum absolute atomic E-state index is 12.0. The van der Waals surface area contributed by atoms with E-state index in [-0.39, 0.29) is 11.4 Å². The zero-order valence-electron chi connectivity index (χ0n) is 16.6. The normalized spacial score (nSPS) is 10.8. The summed E-state index contributed by atoms with van der Waals surface area (Å²) in [6.07, 6.45) is 0. The van der Waals surface area contributed by atoms with Crippen LogP contribution in [-0.4, -0.2) is 36.1 Å². The van der Waals surface area contributed by atoms with Gasteiger partial charge in [0.1, 0.15) is 11.5 Å². The number of nitro groups is 1. The summed E-state index contributed by atoms with van der Waals surface area (Å²) in [6.45, 7) is 4.92. The van der Waals surface area contributed by atoms with Crippen molar-refractivity contribution in [3.05, 3.63) is 52.6 Å². The average Bonchev–Trinajstić information content (AvgIpc) is 2.64. The molecule has 154 valence electrons. The van der Waals surface area contributed by atoms with Gasteiger partial charge in [0, 0.05) is 23.2 Å². The van der Waals surface area contributed by atoms with Gasteiger partial charge >= 0.3 is 6.03 Å². The Bertz CT molecular complexity index is 903. The molecular formula is C20H23N3O6. The molecular weight excluding hydrogens is 378 g/mol. The van der Waals surface area contributed by atoms with E-state index in [0.717, 1.165) is 0 Å². The van der Waals surface area contributed by atoms with Crippen molar-refractivity contribution in [2.45, 2.75) is 26.3 Å². The maximum atomic E-state index is 12.0. The van der Waals surface area contributed by atoms with Gasteiger partial charge in [-0.3, -0.25) is 20.2 Å². The minimum Gasteiger partial charge on any atom is -0.497 e. The summed E-state index contributed by atoms with van der Waals surface area (Å²) in [5.41, 5.74) is 0.479. The van der Waals surface area contributed by atoms with E-state index < -0.39 is 29.0 Å². The number of hydrogen-bond donors (Lipinski definition) is 2. The minimum absolute atomic E-state index is 0.114. The summed E-state index contributed by atoms with van der Waals surface area (Å²) in [6, 6.07) is 10.3. The lowest BCUT2D eigenvalue weighted by Gasteiger charge is -2.20. The van der Waals surface area contributed by atoms with Crippen LogP contribution in [-0.2, 0) is 4.79 Å². The molecule has 0 radical (unpaired) electrons. The number of non-ortho nitro benzene ring substituents is 1. The molecule has 0 aliphatic carbocycles. The predicted octanol–water partition coefficient (Wildman–Crippen LogP) is 3.27. The van der Waals surface area contributed by atoms with Gasteiger partial charge in [-0.15, -0.1) is 0 Å². The number of ether oxygens (including phenoxy) is 2. The molecule has 0 aliphatic heterocycles. The Morgan fingerprint density at radius 3 is 2.31 bits per heavy atom. The Hall–Kier alpha value is -3.62. The number of methoxy groups -OCH3 is 1. The third kappa shape index (κ3) is 6.49. The fraction of sp³-hybridized carbons (Fsp3) is 0.300. The number of carbonyl (C=O) groups is 2. The monoisotopic (exact) mass is 401 g/mol. The van der Waals surface area contributed by atoms with Crippen LogP contribution in [0.25, 0.3) is 11.1 Å². The summed E-state index contributed by atoms with van der Waals surface area (Å²) in [4.78, 5) is 34.4. The number of benzene rings is 2. The van der Waals surface area contributed by atoms with Gasteiger partial charge in [-0.25, -0.2) is 4.79 Å². The van der Waals surface area contributed by atoms with Crippen LogP contribution in [0.2, 0.25) is 0 Å². The lowest BCUT2D eigenvalue weighted by molar-refractivity contribution is -0.384. The van der Waals surface area contributed by atoms with E-state index in [0.29, 0.717) is 16.9 Å². The van der Waals surface area contributed by atoms with Crippen LogP contribution in [0, 0.1) is 10.1 Å². The highest BCUT2D eigenvalue weighted by molar-refractivity contribution is 5.95. The van der Waals surface area contributed by atoms with Crippen LogP contribution in [0.5, 0.6) is 11.5 Å². The number of nitrogens with zero attached hydrogens (tertiary/aromatic N) is 1. The third-order valence-corrected chi connectivity index (χ3v) is 3.68. The first-order valence-corrected chi connectivity index (χ1v) is 8.77. The van der Waals surface area contributed by atoms with E-state index in [1.165, 1.54) is 25.3 Å². The Balaban J connectivity index is 2.18. The molecule has 9 nitrogen and oxygen atoms in total. The highest BCUT2D eigenvalue weighted by atomic mass is 16.6. The molecule has 0 atom stereocenters. The first-order chi connectivity index (χ1) is 13.6. The van der Waals surface area contributed by atoms with Crippen molar-refractivity contribution in [2.75, 3.05) is 13.7 Å². The third-order valence-electron chi connectivity index (χ3n) is 3.68. The molecule has 0 spiro atoms. The second-order valence-electron chi connectivity index (χ2n) is 7.21. The molecule has 9 heteroatoms. The van der Waals surface area contributed by atoms with E-state index in [1.54, 1.807) is 45.0 Å². The highest BCUT2D eigenvalue weighted by Crippen LogP contribution is 2.34. The summed E-state index contributed by atoms with van der Waals surface area (Å²) in [7, 11) is 1.53. The molecule has 0 aliphatic rings. The zero-order chi connectivity index (χ0) is 21.6. The molecule has 0 saturated heterocycles. The molecule has 2 aromatic carbocycles. The molecule has 0 heterocycles. The van der Waals surface area contributed by atoms with Crippen LogP contribution in [0.3, 0.4) is 0 Å². The number of carbonyl (C=O) groups excluding carboxylic acids is 2. The van der Waals surface area contributed by atoms with Gasteiger partial charge in [0.25, 0.3) is 11.6 Å². The van der Waals surface area contributed by atoms with Crippen LogP contribution >= 0.6 is 0 Å². The lowest BCUT2D eigenvalue weighted by atomic mass is 10.0. The summed E-state index contributed by atoms with van der Waals surface area (Å²) >= 11 is 0. The van der Waals surface area contributed by atoms with Gasteiger partial charge in [-0.1, -0.05) is 12.1 Å². The van der Waals surface area contributed by atoms with E-state index in [2.05, 4.69) is 10.6 Å². The molecule has 2 rings (SSSR count). The van der Waals surface area contributed by atoms with E-state index in [9.17, 15) is 19.7 Å². The van der Waals surface area contributed by atoms with Gasteiger partial charge in [-0.05, 0) is 44.5 Å². The number of nitro benzene ring substituents is 1. The van der Waals surface area contributed by atoms with Crippen molar-refractivity contribution in [1.29, 1.82) is 0 Å². The van der Waals surface area contributed by atoms with Crippen molar-refractivity contribution in [1.82, 2.24) is 10.6 Å². The summed E-state index contributed by atoms with van der Waals surface area (Å²) in [5, 5.41) is 15.9. The molecule has 29 heavy (non-hydrogen) atoms. The number of amides is 3. The number of urea groups is 1. The molecule has 0 saturated carbocycles. The van der Waals surface area contributed by atoms with Crippen LogP contribution in [0.1, 0.15) is 20.8 Å². The van der Waals surface area contributed by atoms with Crippen molar-refractivity contribution in [3.63, 3.8) is 0 Å². The van der Waals surface area contributed by atoms with Crippen molar-refractivity contribution in [2.24, 2.45) is 0 Å². The molecule has 3 amide bonds. The molecule has 0 bridgehead atoms. The van der Waals surface area contributed by atoms with E-state index in [1.807, 2.05) is 0 Å². The second-order valence-corrected chi connectivity index (χ2v) is 7.21. The number of hydrogen-bond acceptors (Lipinski definition) is 6. The largest absolute Gasteiger partial charge is 0.497 e. The van der Waals surface area contributed by atoms with Crippen molar-refractivity contribution in [3.8, 4) is 22.6 Å². The Morgan fingerprint density at radius 2 is 1.76 bits per heavy atom. The fourth-order valence-corrected chi connectivity index (χ4v) is 2.43. The van der Waals surface area contributed by atoms with E-state index >= 15 is 0 Å². The van der Waals surface area contributed by atoms with Gasteiger partial charge in [0.2, 0.25) is 0 Å². The molecule has 2 N–H and O–H groups in total. The molecule has 2 aromatic rings.